The summed E-state index contributed by atoms with van der Waals surface area (Å²) in [6, 6.07) is 9.20. The van der Waals surface area contributed by atoms with Gasteiger partial charge in [-0.25, -0.2) is 9.37 Å². The van der Waals surface area contributed by atoms with E-state index >= 15 is 0 Å². The second kappa shape index (κ2) is 9.60. The Bertz CT molecular complexity index is 1280. The van der Waals surface area contributed by atoms with Gasteiger partial charge in [-0.1, -0.05) is 17.3 Å². The standard InChI is InChI=1S/C20H18N6O3.C3H5F/c1-12-3-4-15(19-23-11-29-25-19)8-16(12)24-20(28)17-10-22-18-7-14(5-6-26(17)18)9-21-13(2)27;4-3-1-2-3/h3-8,10-11H,9H2,1-2H3,(H,21,27)(H,24,28);3H,1-2H2. The van der Waals surface area contributed by atoms with Crippen LogP contribution in [0.5, 0.6) is 0 Å². The molecule has 10 heteroatoms. The van der Waals surface area contributed by atoms with Gasteiger partial charge in [0.05, 0.1) is 6.20 Å². The minimum atomic E-state index is -0.417. The van der Waals surface area contributed by atoms with Crippen molar-refractivity contribution in [2.24, 2.45) is 0 Å². The Labute approximate surface area is 189 Å². The van der Waals surface area contributed by atoms with Gasteiger partial charge in [-0.2, -0.15) is 4.98 Å². The van der Waals surface area contributed by atoms with Gasteiger partial charge in [0.1, 0.15) is 17.5 Å². The first-order chi connectivity index (χ1) is 15.9. The Morgan fingerprint density at radius 1 is 1.21 bits per heavy atom. The van der Waals surface area contributed by atoms with Crippen molar-refractivity contribution in [1.29, 1.82) is 0 Å². The Morgan fingerprint density at radius 2 is 2.00 bits per heavy atom. The molecule has 3 aromatic heterocycles. The van der Waals surface area contributed by atoms with E-state index in [4.69, 9.17) is 4.52 Å². The van der Waals surface area contributed by atoms with E-state index in [9.17, 15) is 14.0 Å². The summed E-state index contributed by atoms with van der Waals surface area (Å²) >= 11 is 0. The van der Waals surface area contributed by atoms with Crippen molar-refractivity contribution in [3.63, 3.8) is 0 Å². The van der Waals surface area contributed by atoms with Crippen LogP contribution in [0.2, 0.25) is 0 Å². The van der Waals surface area contributed by atoms with Crippen LogP contribution in [0.15, 0.2) is 53.6 Å². The van der Waals surface area contributed by atoms with E-state index in [0.29, 0.717) is 29.4 Å². The van der Waals surface area contributed by atoms with Crippen molar-refractivity contribution >= 4 is 23.1 Å². The van der Waals surface area contributed by atoms with E-state index in [1.165, 1.54) is 19.5 Å². The zero-order valence-corrected chi connectivity index (χ0v) is 18.2. The summed E-state index contributed by atoms with van der Waals surface area (Å²) in [5.41, 5.74) is 4.20. The minimum absolute atomic E-state index is 0.105. The molecule has 1 saturated carbocycles. The van der Waals surface area contributed by atoms with Gasteiger partial charge in [-0.3, -0.25) is 14.0 Å². The van der Waals surface area contributed by atoms with Crippen LogP contribution in [0.4, 0.5) is 10.1 Å². The SMILES string of the molecule is CC(=O)NCc1ccn2c(C(=O)Nc3cc(-c4ncon4)ccc3C)cnc2c1.FC1CC1. The van der Waals surface area contributed by atoms with E-state index < -0.39 is 6.17 Å². The minimum Gasteiger partial charge on any atom is -0.352 e. The van der Waals surface area contributed by atoms with Crippen molar-refractivity contribution in [2.75, 3.05) is 5.32 Å². The lowest BCUT2D eigenvalue weighted by molar-refractivity contribution is -0.119. The number of rotatable bonds is 5. The second-order valence-corrected chi connectivity index (χ2v) is 7.73. The van der Waals surface area contributed by atoms with Crippen LogP contribution in [0.25, 0.3) is 17.0 Å². The largest absolute Gasteiger partial charge is 0.352 e. The number of imidazole rings is 1. The molecule has 0 bridgehead atoms. The Hall–Kier alpha value is -4.08. The molecule has 0 unspecified atom stereocenters. The number of aromatic nitrogens is 4. The molecule has 4 aromatic rings. The lowest BCUT2D eigenvalue weighted by Gasteiger charge is -2.10. The predicted octanol–water partition coefficient (Wildman–Crippen LogP) is 3.70. The van der Waals surface area contributed by atoms with Crippen LogP contribution in [-0.4, -0.2) is 37.5 Å². The number of amides is 2. The lowest BCUT2D eigenvalue weighted by atomic mass is 10.1. The number of benzene rings is 1. The molecule has 33 heavy (non-hydrogen) atoms. The maximum Gasteiger partial charge on any atom is 0.274 e. The van der Waals surface area contributed by atoms with Crippen molar-refractivity contribution in [2.45, 2.75) is 39.4 Å². The number of halogens is 1. The third-order valence-corrected chi connectivity index (χ3v) is 4.96. The van der Waals surface area contributed by atoms with Gasteiger partial charge in [0.2, 0.25) is 18.1 Å². The molecule has 5 rings (SSSR count). The summed E-state index contributed by atoms with van der Waals surface area (Å²) in [6.07, 6.45) is 5.76. The number of pyridine rings is 1. The van der Waals surface area contributed by atoms with E-state index in [1.807, 2.05) is 31.2 Å². The third kappa shape index (κ3) is 5.59. The van der Waals surface area contributed by atoms with Gasteiger partial charge in [0.15, 0.2) is 0 Å². The van der Waals surface area contributed by atoms with Gasteiger partial charge in [-0.15, -0.1) is 0 Å². The maximum absolute atomic E-state index is 12.9. The van der Waals surface area contributed by atoms with Crippen molar-refractivity contribution in [3.05, 3.63) is 65.9 Å². The number of fused-ring (bicyclic) bond motifs is 1. The van der Waals surface area contributed by atoms with Gasteiger partial charge >= 0.3 is 0 Å². The number of alkyl halides is 1. The predicted molar refractivity (Wildman–Crippen MR) is 119 cm³/mol. The zero-order valence-electron chi connectivity index (χ0n) is 18.2. The fourth-order valence-corrected chi connectivity index (χ4v) is 2.97. The summed E-state index contributed by atoms with van der Waals surface area (Å²) in [4.78, 5) is 32.3. The van der Waals surface area contributed by atoms with Crippen molar-refractivity contribution < 1.29 is 18.5 Å². The molecule has 0 spiro atoms. The molecule has 1 aliphatic rings. The number of nitrogens with one attached hydrogen (secondary N) is 2. The summed E-state index contributed by atoms with van der Waals surface area (Å²) in [7, 11) is 0. The van der Waals surface area contributed by atoms with Crippen LogP contribution in [0.3, 0.4) is 0 Å². The molecular weight excluding hydrogens is 427 g/mol. The van der Waals surface area contributed by atoms with E-state index in [2.05, 4.69) is 25.8 Å². The third-order valence-electron chi connectivity index (χ3n) is 4.96. The highest BCUT2D eigenvalue weighted by Gasteiger charge is 2.18. The normalized spacial score (nSPS) is 12.7. The molecule has 3 heterocycles. The molecule has 0 radical (unpaired) electrons. The summed E-state index contributed by atoms with van der Waals surface area (Å²) in [5, 5.41) is 9.48. The highest BCUT2D eigenvalue weighted by Crippen LogP contribution is 2.24. The van der Waals surface area contributed by atoms with Crippen LogP contribution < -0.4 is 10.6 Å². The lowest BCUT2D eigenvalue weighted by Crippen LogP contribution is -2.19. The highest BCUT2D eigenvalue weighted by molar-refractivity contribution is 6.04. The van der Waals surface area contributed by atoms with Crippen LogP contribution in [0.1, 0.15) is 41.4 Å². The van der Waals surface area contributed by atoms with Crippen molar-refractivity contribution in [1.82, 2.24) is 24.8 Å². The molecule has 1 aliphatic carbocycles. The van der Waals surface area contributed by atoms with Gasteiger partial charge in [0.25, 0.3) is 5.91 Å². The Balaban J connectivity index is 0.000000586. The molecule has 170 valence electrons. The van der Waals surface area contributed by atoms with Crippen LogP contribution in [-0.2, 0) is 11.3 Å². The van der Waals surface area contributed by atoms with E-state index in [1.54, 1.807) is 16.7 Å². The molecular formula is C23H23FN6O3. The van der Waals surface area contributed by atoms with E-state index in [0.717, 1.165) is 29.5 Å². The Morgan fingerprint density at radius 3 is 2.67 bits per heavy atom. The quantitative estimate of drug-likeness (QED) is 0.479. The number of hydrogen-bond acceptors (Lipinski definition) is 6. The Kier molecular flexibility index (Phi) is 6.43. The first-order valence-electron chi connectivity index (χ1n) is 10.4. The van der Waals surface area contributed by atoms with Crippen molar-refractivity contribution in [3.8, 4) is 11.4 Å². The average Bonchev–Trinajstić information content (AvgIpc) is 3.25. The molecule has 2 N–H and O–H groups in total. The molecule has 0 aliphatic heterocycles. The molecule has 1 fully saturated rings. The fourth-order valence-electron chi connectivity index (χ4n) is 2.97. The topological polar surface area (TPSA) is 114 Å². The molecule has 1 aromatic carbocycles. The number of carbonyl (C=O) groups excluding carboxylic acids is 2. The number of aryl methyl sites for hydroxylation is 1. The molecule has 2 amide bonds. The number of nitrogens with zero attached hydrogens (tertiary/aromatic N) is 4. The molecule has 0 saturated heterocycles. The zero-order chi connectivity index (χ0) is 23.4. The summed E-state index contributed by atoms with van der Waals surface area (Å²) in [6.45, 7) is 3.77. The fraction of sp³-hybridized carbons (Fsp3) is 0.261. The highest BCUT2D eigenvalue weighted by atomic mass is 19.1. The first kappa shape index (κ1) is 22.1. The van der Waals surface area contributed by atoms with Crippen LogP contribution >= 0.6 is 0 Å². The number of carbonyl (C=O) groups is 2. The number of hydrogen-bond donors (Lipinski definition) is 2. The second-order valence-electron chi connectivity index (χ2n) is 7.73. The average molecular weight is 450 g/mol. The monoisotopic (exact) mass is 450 g/mol. The summed E-state index contributed by atoms with van der Waals surface area (Å²) in [5.74, 6) is 0.0502. The van der Waals surface area contributed by atoms with E-state index in [-0.39, 0.29) is 11.8 Å². The van der Waals surface area contributed by atoms with Gasteiger partial charge in [0, 0.05) is 30.9 Å². The summed E-state index contributed by atoms with van der Waals surface area (Å²) < 4.78 is 17.6. The molecule has 9 nitrogen and oxygen atoms in total. The van der Waals surface area contributed by atoms with Gasteiger partial charge in [-0.05, 0) is 49.1 Å². The van der Waals surface area contributed by atoms with Crippen LogP contribution in [0, 0.1) is 6.92 Å². The smallest absolute Gasteiger partial charge is 0.274 e. The molecule has 0 atom stereocenters. The first-order valence-corrected chi connectivity index (χ1v) is 10.4. The maximum atomic E-state index is 12.9. The van der Waals surface area contributed by atoms with Gasteiger partial charge < -0.3 is 15.2 Å². The number of anilines is 1.